The Labute approximate surface area is 155 Å². The van der Waals surface area contributed by atoms with Gasteiger partial charge in [0.15, 0.2) is 0 Å². The van der Waals surface area contributed by atoms with Crippen molar-refractivity contribution in [1.29, 1.82) is 0 Å². The standard InChI is InChI=1S/C19H29N5O2/c1-14-8-9-15(2)24(14)26-19(25)7-5-4-6-12-22-17-11-10-16(23-20)13-18(17)21-3/h10-11,13,21-23H,1-2,4-9,12,20H2,3H3. The molecule has 7 nitrogen and oxygen atoms in total. The smallest absolute Gasteiger partial charge is 0.332 e. The summed E-state index contributed by atoms with van der Waals surface area (Å²) in [7, 11) is 1.87. The number of hydrogen-bond donors (Lipinski definition) is 4. The molecule has 1 aromatic rings. The van der Waals surface area contributed by atoms with Gasteiger partial charge in [-0.2, -0.15) is 5.06 Å². The molecule has 0 atom stereocenters. The molecule has 142 valence electrons. The highest BCUT2D eigenvalue weighted by Crippen LogP contribution is 2.28. The third kappa shape index (κ3) is 5.42. The monoisotopic (exact) mass is 359 g/mol. The molecule has 1 aliphatic heterocycles. The van der Waals surface area contributed by atoms with Crippen molar-refractivity contribution in [1.82, 2.24) is 5.06 Å². The van der Waals surface area contributed by atoms with Gasteiger partial charge in [0.25, 0.3) is 0 Å². The SMILES string of the molecule is C=C1CCC(=C)N1OC(=O)CCCCCNc1ccc(NN)cc1NC. The van der Waals surface area contributed by atoms with Gasteiger partial charge in [-0.25, -0.2) is 4.79 Å². The molecule has 2 rings (SSSR count). The second-order valence-corrected chi connectivity index (χ2v) is 6.28. The zero-order valence-corrected chi connectivity index (χ0v) is 15.4. The van der Waals surface area contributed by atoms with Crippen molar-refractivity contribution < 1.29 is 9.63 Å². The Morgan fingerprint density at radius 3 is 2.58 bits per heavy atom. The first-order chi connectivity index (χ1) is 12.5. The third-order valence-corrected chi connectivity index (χ3v) is 4.30. The minimum absolute atomic E-state index is 0.232. The lowest BCUT2D eigenvalue weighted by Gasteiger charge is -2.18. The van der Waals surface area contributed by atoms with Crippen LogP contribution in [0.25, 0.3) is 0 Å². The molecule has 0 unspecified atom stereocenters. The Hall–Kier alpha value is -2.67. The van der Waals surface area contributed by atoms with E-state index in [-0.39, 0.29) is 5.97 Å². The normalized spacial score (nSPS) is 13.7. The molecule has 0 radical (unpaired) electrons. The summed E-state index contributed by atoms with van der Waals surface area (Å²) in [5.74, 6) is 5.19. The summed E-state index contributed by atoms with van der Waals surface area (Å²) in [6.07, 6.45) is 4.71. The van der Waals surface area contributed by atoms with Crippen molar-refractivity contribution in [2.75, 3.05) is 29.7 Å². The third-order valence-electron chi connectivity index (χ3n) is 4.30. The van der Waals surface area contributed by atoms with Crippen molar-refractivity contribution in [3.05, 3.63) is 42.8 Å². The van der Waals surface area contributed by atoms with E-state index in [1.54, 1.807) is 0 Å². The van der Waals surface area contributed by atoms with E-state index in [9.17, 15) is 4.79 Å². The van der Waals surface area contributed by atoms with Crippen molar-refractivity contribution in [2.45, 2.75) is 38.5 Å². The predicted molar refractivity (Wildman–Crippen MR) is 106 cm³/mol. The molecular weight excluding hydrogens is 330 g/mol. The quantitative estimate of drug-likeness (QED) is 0.288. The molecule has 0 aliphatic carbocycles. The van der Waals surface area contributed by atoms with Gasteiger partial charge in [-0.15, -0.1) is 0 Å². The molecule has 1 saturated heterocycles. The molecule has 0 spiro atoms. The number of nitrogens with zero attached hydrogens (tertiary/aromatic N) is 1. The summed E-state index contributed by atoms with van der Waals surface area (Å²) in [5, 5.41) is 8.01. The van der Waals surface area contributed by atoms with Crippen LogP contribution in [0.4, 0.5) is 17.1 Å². The average Bonchev–Trinajstić information content (AvgIpc) is 2.96. The lowest BCUT2D eigenvalue weighted by molar-refractivity contribution is -0.172. The van der Waals surface area contributed by atoms with Crippen LogP contribution in [-0.2, 0) is 9.63 Å². The summed E-state index contributed by atoms with van der Waals surface area (Å²) in [5.41, 5.74) is 7.07. The highest BCUT2D eigenvalue weighted by atomic mass is 16.7. The largest absolute Gasteiger partial charge is 0.386 e. The molecule has 1 aromatic carbocycles. The number of nitrogens with two attached hydrogens (primary N) is 1. The first-order valence-electron chi connectivity index (χ1n) is 8.94. The molecule has 1 fully saturated rings. The number of hydrazine groups is 1. The zero-order valence-electron chi connectivity index (χ0n) is 15.4. The van der Waals surface area contributed by atoms with Crippen LogP contribution in [0.2, 0.25) is 0 Å². The van der Waals surface area contributed by atoms with E-state index in [1.165, 1.54) is 5.06 Å². The molecule has 0 aromatic heterocycles. The Kier molecular flexibility index (Phi) is 7.35. The Morgan fingerprint density at radius 2 is 1.92 bits per heavy atom. The van der Waals surface area contributed by atoms with Gasteiger partial charge in [-0.1, -0.05) is 19.6 Å². The zero-order chi connectivity index (χ0) is 18.9. The van der Waals surface area contributed by atoms with E-state index >= 15 is 0 Å². The van der Waals surface area contributed by atoms with Crippen LogP contribution in [0.3, 0.4) is 0 Å². The Bertz CT molecular complexity index is 643. The fourth-order valence-electron chi connectivity index (χ4n) is 2.78. The molecule has 0 amide bonds. The number of hydrogen-bond acceptors (Lipinski definition) is 7. The Morgan fingerprint density at radius 1 is 1.19 bits per heavy atom. The summed E-state index contributed by atoms with van der Waals surface area (Å²) < 4.78 is 0. The summed E-state index contributed by atoms with van der Waals surface area (Å²) in [6.45, 7) is 8.59. The molecule has 7 heteroatoms. The minimum atomic E-state index is -0.232. The Balaban J connectivity index is 1.63. The van der Waals surface area contributed by atoms with Crippen molar-refractivity contribution in [3.63, 3.8) is 0 Å². The average molecular weight is 359 g/mol. The fraction of sp³-hybridized carbons (Fsp3) is 0.421. The molecule has 1 heterocycles. The lowest BCUT2D eigenvalue weighted by atomic mass is 10.2. The highest BCUT2D eigenvalue weighted by Gasteiger charge is 2.22. The van der Waals surface area contributed by atoms with E-state index in [0.29, 0.717) is 6.42 Å². The molecule has 26 heavy (non-hydrogen) atoms. The number of hydroxylamine groups is 2. The molecule has 1 aliphatic rings. The van der Waals surface area contributed by atoms with E-state index in [2.05, 4.69) is 29.2 Å². The lowest BCUT2D eigenvalue weighted by Crippen LogP contribution is -2.20. The number of allylic oxidation sites excluding steroid dienone is 2. The number of rotatable bonds is 10. The maximum atomic E-state index is 11.9. The maximum Gasteiger partial charge on any atom is 0.332 e. The topological polar surface area (TPSA) is 91.7 Å². The van der Waals surface area contributed by atoms with Crippen LogP contribution in [0.15, 0.2) is 42.8 Å². The molecule has 5 N–H and O–H groups in total. The summed E-state index contributed by atoms with van der Waals surface area (Å²) in [4.78, 5) is 17.2. The fourth-order valence-corrected chi connectivity index (χ4v) is 2.78. The molecule has 0 bridgehead atoms. The molecular formula is C19H29N5O2. The van der Waals surface area contributed by atoms with E-state index in [1.807, 2.05) is 25.2 Å². The first-order valence-corrected chi connectivity index (χ1v) is 8.94. The van der Waals surface area contributed by atoms with Crippen LogP contribution in [-0.4, -0.2) is 24.6 Å². The summed E-state index contributed by atoms with van der Waals surface area (Å²) >= 11 is 0. The van der Waals surface area contributed by atoms with Gasteiger partial charge in [0, 0.05) is 20.0 Å². The van der Waals surface area contributed by atoms with Crippen LogP contribution in [0.1, 0.15) is 38.5 Å². The van der Waals surface area contributed by atoms with E-state index in [4.69, 9.17) is 10.7 Å². The van der Waals surface area contributed by atoms with Crippen molar-refractivity contribution >= 4 is 23.0 Å². The minimum Gasteiger partial charge on any atom is -0.386 e. The predicted octanol–water partition coefficient (Wildman–Crippen LogP) is 3.57. The van der Waals surface area contributed by atoms with Crippen LogP contribution >= 0.6 is 0 Å². The number of carbonyl (C=O) groups excluding carboxylic acids is 1. The second-order valence-electron chi connectivity index (χ2n) is 6.28. The van der Waals surface area contributed by atoms with E-state index in [0.717, 1.165) is 67.1 Å². The number of unbranched alkanes of at least 4 members (excludes halogenated alkanes) is 2. The number of benzene rings is 1. The van der Waals surface area contributed by atoms with Crippen molar-refractivity contribution in [3.8, 4) is 0 Å². The van der Waals surface area contributed by atoms with Gasteiger partial charge in [-0.3, -0.25) is 5.84 Å². The highest BCUT2D eigenvalue weighted by molar-refractivity contribution is 5.73. The van der Waals surface area contributed by atoms with Gasteiger partial charge in [0.1, 0.15) is 0 Å². The van der Waals surface area contributed by atoms with Gasteiger partial charge >= 0.3 is 5.97 Å². The number of nitrogen functional groups attached to an aromatic ring is 1. The first kappa shape index (κ1) is 19.7. The second kappa shape index (κ2) is 9.72. The number of anilines is 3. The number of nitrogens with one attached hydrogen (secondary N) is 3. The number of carbonyl (C=O) groups is 1. The van der Waals surface area contributed by atoms with Crippen molar-refractivity contribution in [2.24, 2.45) is 5.84 Å². The van der Waals surface area contributed by atoms with Crippen LogP contribution in [0, 0.1) is 0 Å². The summed E-state index contributed by atoms with van der Waals surface area (Å²) in [6, 6.07) is 5.84. The van der Waals surface area contributed by atoms with E-state index < -0.39 is 0 Å². The van der Waals surface area contributed by atoms with Gasteiger partial charge in [-0.05, 0) is 43.9 Å². The van der Waals surface area contributed by atoms with Gasteiger partial charge in [0.05, 0.1) is 28.5 Å². The maximum absolute atomic E-state index is 11.9. The van der Waals surface area contributed by atoms with Crippen LogP contribution in [0.5, 0.6) is 0 Å². The van der Waals surface area contributed by atoms with Gasteiger partial charge < -0.3 is 20.9 Å². The van der Waals surface area contributed by atoms with Crippen LogP contribution < -0.4 is 21.9 Å². The van der Waals surface area contributed by atoms with Gasteiger partial charge in [0.2, 0.25) is 0 Å². The molecule has 0 saturated carbocycles.